The summed E-state index contributed by atoms with van der Waals surface area (Å²) in [5, 5.41) is 13.4. The summed E-state index contributed by atoms with van der Waals surface area (Å²) in [6.45, 7) is 2.61. The fourth-order valence-corrected chi connectivity index (χ4v) is 3.98. The fraction of sp³-hybridized carbons (Fsp3) is 0.474. The summed E-state index contributed by atoms with van der Waals surface area (Å²) in [6.07, 6.45) is 2.66. The molecule has 0 atom stereocenters. The third-order valence-electron chi connectivity index (χ3n) is 5.72. The molecule has 2 N–H and O–H groups in total. The molecule has 4 heterocycles. The monoisotopic (exact) mass is 434 g/mol. The van der Waals surface area contributed by atoms with E-state index < -0.39 is 23.5 Å². The average molecular weight is 434 g/mol. The van der Waals surface area contributed by atoms with Gasteiger partial charge < -0.3 is 15.5 Å². The third-order valence-corrected chi connectivity index (χ3v) is 5.72. The Morgan fingerprint density at radius 2 is 2.13 bits per heavy atom. The molecule has 1 saturated heterocycles. The quantitative estimate of drug-likeness (QED) is 0.656. The predicted molar refractivity (Wildman–Crippen MR) is 106 cm³/mol. The van der Waals surface area contributed by atoms with Crippen LogP contribution in [0.1, 0.15) is 35.3 Å². The van der Waals surface area contributed by atoms with Crippen molar-refractivity contribution in [3.05, 3.63) is 35.9 Å². The van der Waals surface area contributed by atoms with Crippen molar-refractivity contribution in [3.8, 4) is 0 Å². The first-order valence-corrected chi connectivity index (χ1v) is 10.0. The minimum Gasteiger partial charge on any atom is -0.355 e. The van der Waals surface area contributed by atoms with E-state index in [9.17, 15) is 18.0 Å². The number of alkyl halides is 3. The molecule has 1 aliphatic carbocycles. The number of carbonyl (C=O) groups is 1. The molecule has 31 heavy (non-hydrogen) atoms. The van der Waals surface area contributed by atoms with Crippen LogP contribution in [-0.4, -0.2) is 55.5 Å². The second kappa shape index (κ2) is 6.94. The maximum absolute atomic E-state index is 13.2. The van der Waals surface area contributed by atoms with E-state index in [-0.39, 0.29) is 16.7 Å². The summed E-state index contributed by atoms with van der Waals surface area (Å²) in [5.74, 6) is -0.0104. The molecule has 3 aromatic heterocycles. The van der Waals surface area contributed by atoms with Crippen LogP contribution in [0.25, 0.3) is 5.65 Å². The van der Waals surface area contributed by atoms with Gasteiger partial charge in [-0.05, 0) is 31.9 Å². The van der Waals surface area contributed by atoms with Gasteiger partial charge in [0.25, 0.3) is 5.91 Å². The molecule has 0 unspecified atom stereocenters. The number of hydrogen-bond acceptors (Lipinski definition) is 6. The lowest BCUT2D eigenvalue weighted by Gasteiger charge is -2.25. The zero-order valence-corrected chi connectivity index (χ0v) is 16.8. The zero-order valence-electron chi connectivity index (χ0n) is 16.8. The van der Waals surface area contributed by atoms with Gasteiger partial charge in [0.15, 0.2) is 11.3 Å². The highest BCUT2D eigenvalue weighted by Gasteiger charge is 2.44. The molecular weight excluding hydrogens is 413 g/mol. The molecule has 12 heteroatoms. The van der Waals surface area contributed by atoms with Gasteiger partial charge in [-0.15, -0.1) is 0 Å². The molecule has 3 aromatic rings. The van der Waals surface area contributed by atoms with Gasteiger partial charge in [-0.2, -0.15) is 23.4 Å². The molecular formula is C19H21F3N8O. The molecule has 0 aromatic carbocycles. The maximum atomic E-state index is 13.2. The Morgan fingerprint density at radius 3 is 2.87 bits per heavy atom. The molecule has 1 amide bonds. The van der Waals surface area contributed by atoms with Crippen molar-refractivity contribution < 1.29 is 18.0 Å². The third kappa shape index (κ3) is 3.71. The van der Waals surface area contributed by atoms with Crippen LogP contribution in [-0.2, 0) is 13.2 Å². The smallest absolute Gasteiger partial charge is 0.355 e. The van der Waals surface area contributed by atoms with Crippen LogP contribution in [0.3, 0.4) is 0 Å². The highest BCUT2D eigenvalue weighted by molar-refractivity contribution is 6.08. The first-order chi connectivity index (χ1) is 14.7. The van der Waals surface area contributed by atoms with Crippen molar-refractivity contribution in [3.63, 3.8) is 0 Å². The van der Waals surface area contributed by atoms with E-state index in [0.717, 1.165) is 55.6 Å². The number of rotatable bonds is 3. The van der Waals surface area contributed by atoms with E-state index in [1.807, 2.05) is 6.07 Å². The second-order valence-electron chi connectivity index (χ2n) is 8.11. The summed E-state index contributed by atoms with van der Waals surface area (Å²) in [4.78, 5) is 19.6. The lowest BCUT2D eigenvalue weighted by molar-refractivity contribution is -0.140. The Kier molecular flexibility index (Phi) is 4.43. The molecule has 2 aliphatic rings. The van der Waals surface area contributed by atoms with Gasteiger partial charge in [-0.25, -0.2) is 9.50 Å². The largest absolute Gasteiger partial charge is 0.437 e. The number of nitrogens with one attached hydrogen (secondary N) is 2. The number of fused-ring (bicyclic) bond motifs is 1. The molecule has 1 aliphatic heterocycles. The van der Waals surface area contributed by atoms with Crippen molar-refractivity contribution in [1.82, 2.24) is 29.7 Å². The summed E-state index contributed by atoms with van der Waals surface area (Å²) in [5.41, 5.74) is -1.05. The van der Waals surface area contributed by atoms with Crippen molar-refractivity contribution in [1.29, 1.82) is 0 Å². The van der Waals surface area contributed by atoms with E-state index in [0.29, 0.717) is 0 Å². The number of carbonyl (C=O) groups excluding carboxylic acids is 1. The van der Waals surface area contributed by atoms with Crippen LogP contribution in [0.15, 0.2) is 24.7 Å². The van der Waals surface area contributed by atoms with Gasteiger partial charge in [0.05, 0.1) is 11.9 Å². The normalized spacial score (nSPS) is 18.4. The fourth-order valence-electron chi connectivity index (χ4n) is 3.98. The van der Waals surface area contributed by atoms with Gasteiger partial charge in [0, 0.05) is 38.1 Å². The Morgan fingerprint density at radius 1 is 1.32 bits per heavy atom. The summed E-state index contributed by atoms with van der Waals surface area (Å²) in [7, 11) is 1.36. The van der Waals surface area contributed by atoms with Crippen LogP contribution < -0.4 is 15.5 Å². The molecule has 9 nitrogen and oxygen atoms in total. The standard InChI is InChI=1S/C19H21F3N8O/c1-28-10-13(15(27-28)19(20,21)22)25-17(31)12-9-24-30-8-3-14(26-16(12)30)29-7-2-6-23-18(11-29)4-5-18/h3,8-10,23H,2,4-7,11H2,1H3,(H,25,31). The number of anilines is 2. The minimum absolute atomic E-state index is 0.0907. The maximum Gasteiger partial charge on any atom is 0.437 e. The molecule has 1 saturated carbocycles. The highest BCUT2D eigenvalue weighted by atomic mass is 19.4. The SMILES string of the molecule is Cn1cc(NC(=O)c2cnn3ccc(N4CCCNC5(CC5)C4)nc23)c(C(F)(F)F)n1. The van der Waals surface area contributed by atoms with Gasteiger partial charge in [0.1, 0.15) is 11.4 Å². The molecule has 0 radical (unpaired) electrons. The van der Waals surface area contributed by atoms with Crippen LogP contribution in [0.4, 0.5) is 24.7 Å². The Labute approximate surface area is 175 Å². The van der Waals surface area contributed by atoms with Crippen molar-refractivity contribution in [2.45, 2.75) is 31.0 Å². The van der Waals surface area contributed by atoms with Gasteiger partial charge in [-0.3, -0.25) is 9.48 Å². The lowest BCUT2D eigenvalue weighted by Crippen LogP contribution is -2.40. The number of aryl methyl sites for hydroxylation is 1. The van der Waals surface area contributed by atoms with E-state index in [4.69, 9.17) is 0 Å². The number of hydrogen-bond donors (Lipinski definition) is 2. The Balaban J connectivity index is 1.44. The first kappa shape index (κ1) is 19.8. The Bertz CT molecular complexity index is 1150. The van der Waals surface area contributed by atoms with Crippen molar-refractivity contribution in [2.24, 2.45) is 7.05 Å². The molecule has 1 spiro atoms. The number of nitrogens with zero attached hydrogens (tertiary/aromatic N) is 6. The Hall–Kier alpha value is -3.15. The van der Waals surface area contributed by atoms with E-state index in [1.165, 1.54) is 17.8 Å². The van der Waals surface area contributed by atoms with Crippen LogP contribution >= 0.6 is 0 Å². The van der Waals surface area contributed by atoms with Crippen LogP contribution in [0.2, 0.25) is 0 Å². The summed E-state index contributed by atoms with van der Waals surface area (Å²) < 4.78 is 42.0. The summed E-state index contributed by atoms with van der Waals surface area (Å²) in [6, 6.07) is 1.84. The lowest BCUT2D eigenvalue weighted by atomic mass is 10.2. The van der Waals surface area contributed by atoms with Gasteiger partial charge in [0.2, 0.25) is 0 Å². The van der Waals surface area contributed by atoms with Gasteiger partial charge >= 0.3 is 6.18 Å². The second-order valence-corrected chi connectivity index (χ2v) is 8.11. The molecule has 5 rings (SSSR count). The minimum atomic E-state index is -4.68. The predicted octanol–water partition coefficient (Wildman–Crippen LogP) is 2.07. The topological polar surface area (TPSA) is 92.4 Å². The number of amides is 1. The van der Waals surface area contributed by atoms with E-state index in [1.54, 1.807) is 6.20 Å². The average Bonchev–Trinajstić information content (AvgIpc) is 3.26. The zero-order chi connectivity index (χ0) is 21.8. The summed E-state index contributed by atoms with van der Waals surface area (Å²) >= 11 is 0. The van der Waals surface area contributed by atoms with Crippen molar-refractivity contribution >= 4 is 23.1 Å². The molecule has 164 valence electrons. The van der Waals surface area contributed by atoms with Crippen LogP contribution in [0.5, 0.6) is 0 Å². The highest BCUT2D eigenvalue weighted by Crippen LogP contribution is 2.38. The van der Waals surface area contributed by atoms with E-state index >= 15 is 0 Å². The number of aromatic nitrogens is 5. The van der Waals surface area contributed by atoms with E-state index in [2.05, 4.69) is 30.7 Å². The first-order valence-electron chi connectivity index (χ1n) is 10.0. The number of halogens is 3. The molecule has 0 bridgehead atoms. The molecule has 2 fully saturated rings. The van der Waals surface area contributed by atoms with Gasteiger partial charge in [-0.1, -0.05) is 0 Å². The van der Waals surface area contributed by atoms with Crippen LogP contribution in [0, 0.1) is 0 Å². The van der Waals surface area contributed by atoms with Crippen molar-refractivity contribution in [2.75, 3.05) is 29.9 Å².